The first-order chi connectivity index (χ1) is 7.09. The average molecular weight is 268 g/mol. The maximum absolute atomic E-state index is 11.7. The quantitative estimate of drug-likeness (QED) is 0.891. The maximum Gasteiger partial charge on any atom is 0.224 e. The number of nitrogens with one attached hydrogen (secondary N) is 1. The summed E-state index contributed by atoms with van der Waals surface area (Å²) >= 11 is 3.41. The minimum absolute atomic E-state index is 0.113. The first-order valence-electron chi connectivity index (χ1n) is 5.13. The van der Waals surface area contributed by atoms with Crippen molar-refractivity contribution >= 4 is 27.5 Å². The first-order valence-corrected chi connectivity index (χ1v) is 5.93. The third-order valence-electron chi connectivity index (χ3n) is 2.84. The molecule has 15 heavy (non-hydrogen) atoms. The van der Waals surface area contributed by atoms with Gasteiger partial charge in [-0.1, -0.05) is 19.1 Å². The zero-order valence-electron chi connectivity index (χ0n) is 8.72. The van der Waals surface area contributed by atoms with Crippen LogP contribution in [0.4, 0.5) is 5.69 Å². The summed E-state index contributed by atoms with van der Waals surface area (Å²) in [6.07, 6.45) is 2.99. The molecule has 1 aliphatic carbocycles. The van der Waals surface area contributed by atoms with Gasteiger partial charge in [0.05, 0.1) is 5.69 Å². The molecule has 0 heterocycles. The van der Waals surface area contributed by atoms with E-state index in [0.717, 1.165) is 10.2 Å². The topological polar surface area (TPSA) is 29.1 Å². The maximum atomic E-state index is 11.7. The lowest BCUT2D eigenvalue weighted by Crippen LogP contribution is -2.15. The summed E-state index contributed by atoms with van der Waals surface area (Å²) in [4.78, 5) is 11.7. The van der Waals surface area contributed by atoms with Crippen LogP contribution in [0.2, 0.25) is 0 Å². The molecule has 1 aromatic carbocycles. The molecule has 1 amide bonds. The summed E-state index contributed by atoms with van der Waals surface area (Å²) in [5.41, 5.74) is 1.12. The van der Waals surface area contributed by atoms with Crippen molar-refractivity contribution in [3.63, 3.8) is 0 Å². The Kier molecular flexibility index (Phi) is 2.83. The van der Waals surface area contributed by atoms with Gasteiger partial charge in [0.25, 0.3) is 0 Å². The Labute approximate surface area is 98.2 Å². The largest absolute Gasteiger partial charge is 0.325 e. The molecule has 3 heteroatoms. The second-order valence-electron chi connectivity index (χ2n) is 4.52. The second-order valence-corrected chi connectivity index (χ2v) is 5.37. The minimum Gasteiger partial charge on any atom is -0.325 e. The Morgan fingerprint density at radius 2 is 2.13 bits per heavy atom. The number of anilines is 1. The molecular formula is C12H14BrNO. The van der Waals surface area contributed by atoms with Gasteiger partial charge in [-0.3, -0.25) is 4.79 Å². The van der Waals surface area contributed by atoms with E-state index in [0.29, 0.717) is 6.42 Å². The number of amides is 1. The van der Waals surface area contributed by atoms with Gasteiger partial charge in [-0.2, -0.15) is 0 Å². The van der Waals surface area contributed by atoms with Crippen LogP contribution >= 0.6 is 15.9 Å². The van der Waals surface area contributed by atoms with E-state index in [1.54, 1.807) is 0 Å². The summed E-state index contributed by atoms with van der Waals surface area (Å²) in [7, 11) is 0. The number of rotatable bonds is 3. The van der Waals surface area contributed by atoms with E-state index in [-0.39, 0.29) is 11.3 Å². The molecule has 1 fully saturated rings. The number of carbonyl (C=O) groups is 1. The van der Waals surface area contributed by atoms with Gasteiger partial charge in [0, 0.05) is 10.9 Å². The van der Waals surface area contributed by atoms with E-state index in [4.69, 9.17) is 0 Å². The Balaban J connectivity index is 1.97. The van der Waals surface area contributed by atoms with E-state index in [1.165, 1.54) is 12.8 Å². The van der Waals surface area contributed by atoms with Crippen molar-refractivity contribution in [3.8, 4) is 0 Å². The molecule has 80 valence electrons. The van der Waals surface area contributed by atoms with Gasteiger partial charge in [-0.15, -0.1) is 0 Å². The van der Waals surface area contributed by atoms with Crippen LogP contribution in [0.5, 0.6) is 0 Å². The molecule has 0 radical (unpaired) electrons. The van der Waals surface area contributed by atoms with Gasteiger partial charge in [0.1, 0.15) is 0 Å². The van der Waals surface area contributed by atoms with E-state index < -0.39 is 0 Å². The molecule has 0 unspecified atom stereocenters. The number of carbonyl (C=O) groups excluding carboxylic acids is 1. The molecule has 1 N–H and O–H groups in total. The highest BCUT2D eigenvalue weighted by Crippen LogP contribution is 2.48. The molecule has 0 saturated heterocycles. The van der Waals surface area contributed by atoms with Crippen LogP contribution in [-0.2, 0) is 4.79 Å². The highest BCUT2D eigenvalue weighted by Gasteiger charge is 2.39. The van der Waals surface area contributed by atoms with Gasteiger partial charge in [-0.25, -0.2) is 0 Å². The van der Waals surface area contributed by atoms with Gasteiger partial charge in [0.2, 0.25) is 5.91 Å². The van der Waals surface area contributed by atoms with Gasteiger partial charge in [0.15, 0.2) is 0 Å². The molecule has 2 nitrogen and oxygen atoms in total. The highest BCUT2D eigenvalue weighted by atomic mass is 79.9. The normalized spacial score (nSPS) is 17.2. The summed E-state index contributed by atoms with van der Waals surface area (Å²) in [6.45, 7) is 2.16. The lowest BCUT2D eigenvalue weighted by atomic mass is 10.1. The van der Waals surface area contributed by atoms with Crippen LogP contribution in [0.3, 0.4) is 0 Å². The monoisotopic (exact) mass is 267 g/mol. The Hall–Kier alpha value is -0.830. The zero-order chi connectivity index (χ0) is 10.9. The smallest absolute Gasteiger partial charge is 0.224 e. The molecule has 0 bridgehead atoms. The van der Waals surface area contributed by atoms with E-state index in [9.17, 15) is 4.79 Å². The van der Waals surface area contributed by atoms with Crippen molar-refractivity contribution < 1.29 is 4.79 Å². The predicted molar refractivity (Wildman–Crippen MR) is 64.7 cm³/mol. The highest BCUT2D eigenvalue weighted by molar-refractivity contribution is 9.10. The molecule has 0 atom stereocenters. The van der Waals surface area contributed by atoms with Gasteiger partial charge in [-0.05, 0) is 46.3 Å². The fraction of sp³-hybridized carbons (Fsp3) is 0.417. The number of hydrogen-bond donors (Lipinski definition) is 1. The van der Waals surface area contributed by atoms with Crippen LogP contribution in [0.15, 0.2) is 28.7 Å². The number of benzene rings is 1. The summed E-state index contributed by atoms with van der Waals surface area (Å²) in [5.74, 6) is 0.113. The second kappa shape index (κ2) is 3.97. The number of hydrogen-bond acceptors (Lipinski definition) is 1. The van der Waals surface area contributed by atoms with Crippen molar-refractivity contribution in [2.24, 2.45) is 5.41 Å². The molecular weight excluding hydrogens is 254 g/mol. The minimum atomic E-state index is 0.113. The summed E-state index contributed by atoms with van der Waals surface area (Å²) in [5, 5.41) is 2.92. The van der Waals surface area contributed by atoms with Gasteiger partial charge >= 0.3 is 0 Å². The van der Waals surface area contributed by atoms with Gasteiger partial charge < -0.3 is 5.32 Å². The fourth-order valence-corrected chi connectivity index (χ4v) is 1.92. The lowest BCUT2D eigenvalue weighted by molar-refractivity contribution is -0.117. The number of halogens is 1. The molecule has 0 aromatic heterocycles. The third kappa shape index (κ3) is 2.81. The van der Waals surface area contributed by atoms with Crippen molar-refractivity contribution in [3.05, 3.63) is 28.7 Å². The Bertz CT molecular complexity index is 385. The van der Waals surface area contributed by atoms with Crippen LogP contribution in [-0.4, -0.2) is 5.91 Å². The molecule has 1 aromatic rings. The van der Waals surface area contributed by atoms with Crippen LogP contribution in [0.1, 0.15) is 26.2 Å². The Morgan fingerprint density at radius 3 is 2.73 bits per heavy atom. The van der Waals surface area contributed by atoms with Crippen molar-refractivity contribution in [1.82, 2.24) is 0 Å². The van der Waals surface area contributed by atoms with Crippen LogP contribution < -0.4 is 5.32 Å². The Morgan fingerprint density at radius 1 is 1.47 bits per heavy atom. The van der Waals surface area contributed by atoms with Crippen LogP contribution in [0.25, 0.3) is 0 Å². The number of para-hydroxylation sites is 1. The average Bonchev–Trinajstić information content (AvgIpc) is 2.87. The van der Waals surface area contributed by atoms with E-state index >= 15 is 0 Å². The van der Waals surface area contributed by atoms with Crippen molar-refractivity contribution in [1.29, 1.82) is 0 Å². The van der Waals surface area contributed by atoms with E-state index in [2.05, 4.69) is 28.2 Å². The molecule has 1 saturated carbocycles. The van der Waals surface area contributed by atoms with Crippen molar-refractivity contribution in [2.45, 2.75) is 26.2 Å². The third-order valence-corrected chi connectivity index (χ3v) is 3.53. The molecule has 1 aliphatic rings. The zero-order valence-corrected chi connectivity index (χ0v) is 10.3. The van der Waals surface area contributed by atoms with Crippen molar-refractivity contribution in [2.75, 3.05) is 5.32 Å². The fourth-order valence-electron chi connectivity index (χ4n) is 1.53. The summed E-state index contributed by atoms with van der Waals surface area (Å²) < 4.78 is 0.930. The molecule has 0 aliphatic heterocycles. The SMILES string of the molecule is CC1(CC(=O)Nc2ccccc2Br)CC1. The first kappa shape index (κ1) is 10.7. The standard InChI is InChI=1S/C12H14BrNO/c1-12(6-7-12)8-11(15)14-10-5-3-2-4-9(10)13/h2-5H,6-8H2,1H3,(H,14,15). The molecule has 2 rings (SSSR count). The summed E-state index contributed by atoms with van der Waals surface area (Å²) in [6, 6.07) is 7.67. The predicted octanol–water partition coefficient (Wildman–Crippen LogP) is 3.58. The van der Waals surface area contributed by atoms with Crippen LogP contribution in [0, 0.1) is 5.41 Å². The lowest BCUT2D eigenvalue weighted by Gasteiger charge is -2.10. The molecule has 0 spiro atoms. The van der Waals surface area contributed by atoms with E-state index in [1.807, 2.05) is 24.3 Å².